The van der Waals surface area contributed by atoms with Crippen molar-refractivity contribution in [3.05, 3.63) is 29.8 Å². The molecular formula is C15H20O5. The van der Waals surface area contributed by atoms with Crippen LogP contribution in [-0.2, 0) is 4.74 Å². The fraction of sp³-hybridized carbons (Fsp3) is 0.533. The van der Waals surface area contributed by atoms with Crippen molar-refractivity contribution in [2.24, 2.45) is 0 Å². The molecule has 0 aliphatic heterocycles. The van der Waals surface area contributed by atoms with E-state index in [1.54, 1.807) is 31.4 Å². The predicted molar refractivity (Wildman–Crippen MR) is 72.7 cm³/mol. The first-order valence-electron chi connectivity index (χ1n) is 6.77. The molecule has 0 aromatic heterocycles. The summed E-state index contributed by atoms with van der Waals surface area (Å²) in [5.74, 6) is 0.140. The Balaban J connectivity index is 1.93. The number of ether oxygens (including phenoxy) is 2. The maximum Gasteiger partial charge on any atom is 0.338 e. The van der Waals surface area contributed by atoms with E-state index < -0.39 is 17.7 Å². The van der Waals surface area contributed by atoms with Gasteiger partial charge in [-0.05, 0) is 37.1 Å². The van der Waals surface area contributed by atoms with Crippen molar-refractivity contribution in [3.8, 4) is 5.75 Å². The summed E-state index contributed by atoms with van der Waals surface area (Å²) in [5.41, 5.74) is -0.930. The Morgan fingerprint density at radius 3 is 2.65 bits per heavy atom. The van der Waals surface area contributed by atoms with Crippen LogP contribution < -0.4 is 4.74 Å². The number of esters is 1. The molecule has 0 radical (unpaired) electrons. The highest BCUT2D eigenvalue weighted by Gasteiger charge is 2.39. The van der Waals surface area contributed by atoms with Crippen LogP contribution in [0.3, 0.4) is 0 Å². The highest BCUT2D eigenvalue weighted by Crippen LogP contribution is 2.29. The lowest BCUT2D eigenvalue weighted by molar-refractivity contribution is -0.128. The molecule has 110 valence electrons. The molecule has 1 aliphatic rings. The van der Waals surface area contributed by atoms with Crippen molar-refractivity contribution in [2.75, 3.05) is 13.7 Å². The van der Waals surface area contributed by atoms with Crippen molar-refractivity contribution in [2.45, 2.75) is 37.4 Å². The van der Waals surface area contributed by atoms with Gasteiger partial charge < -0.3 is 19.7 Å². The summed E-state index contributed by atoms with van der Waals surface area (Å²) < 4.78 is 10.1. The highest BCUT2D eigenvalue weighted by atomic mass is 16.5. The number of hydrogen-bond donors (Lipinski definition) is 2. The third-order valence-electron chi connectivity index (χ3n) is 3.74. The molecule has 5 nitrogen and oxygen atoms in total. The number of rotatable bonds is 4. The first-order chi connectivity index (χ1) is 9.55. The molecule has 1 aromatic rings. The molecule has 20 heavy (non-hydrogen) atoms. The van der Waals surface area contributed by atoms with Crippen molar-refractivity contribution in [1.29, 1.82) is 0 Å². The summed E-state index contributed by atoms with van der Waals surface area (Å²) in [4.78, 5) is 11.9. The average molecular weight is 280 g/mol. The van der Waals surface area contributed by atoms with Crippen LogP contribution in [0.4, 0.5) is 0 Å². The van der Waals surface area contributed by atoms with Crippen molar-refractivity contribution in [3.63, 3.8) is 0 Å². The SMILES string of the molecule is COc1ccc(C(=O)OC[C@]2(O)CCCC[C@H]2O)cc1. The minimum absolute atomic E-state index is 0.182. The monoisotopic (exact) mass is 280 g/mol. The first kappa shape index (κ1) is 14.8. The van der Waals surface area contributed by atoms with Crippen LogP contribution in [0.1, 0.15) is 36.0 Å². The van der Waals surface area contributed by atoms with Gasteiger partial charge in [0.25, 0.3) is 0 Å². The second-order valence-electron chi connectivity index (χ2n) is 5.17. The van der Waals surface area contributed by atoms with Crippen molar-refractivity contribution >= 4 is 5.97 Å². The van der Waals surface area contributed by atoms with Gasteiger partial charge in [-0.3, -0.25) is 0 Å². The Bertz CT molecular complexity index is 456. The Morgan fingerprint density at radius 1 is 1.35 bits per heavy atom. The van der Waals surface area contributed by atoms with E-state index in [-0.39, 0.29) is 6.61 Å². The van der Waals surface area contributed by atoms with Gasteiger partial charge in [0.2, 0.25) is 0 Å². The molecular weight excluding hydrogens is 260 g/mol. The molecule has 0 amide bonds. The van der Waals surface area contributed by atoms with E-state index in [1.165, 1.54) is 0 Å². The zero-order valence-corrected chi connectivity index (χ0v) is 11.5. The van der Waals surface area contributed by atoms with Gasteiger partial charge in [0, 0.05) is 0 Å². The van der Waals surface area contributed by atoms with E-state index in [0.717, 1.165) is 12.8 Å². The number of carbonyl (C=O) groups is 1. The number of aliphatic hydroxyl groups excluding tert-OH is 1. The third-order valence-corrected chi connectivity index (χ3v) is 3.74. The maximum absolute atomic E-state index is 11.9. The van der Waals surface area contributed by atoms with Gasteiger partial charge in [0.05, 0.1) is 18.8 Å². The van der Waals surface area contributed by atoms with E-state index in [1.807, 2.05) is 0 Å². The maximum atomic E-state index is 11.9. The third kappa shape index (κ3) is 3.29. The van der Waals surface area contributed by atoms with E-state index >= 15 is 0 Å². The van der Waals surface area contributed by atoms with E-state index in [9.17, 15) is 15.0 Å². The first-order valence-corrected chi connectivity index (χ1v) is 6.77. The molecule has 1 aromatic carbocycles. The summed E-state index contributed by atoms with van der Waals surface area (Å²) in [6, 6.07) is 6.53. The van der Waals surface area contributed by atoms with Crippen LogP contribution in [0.15, 0.2) is 24.3 Å². The Kier molecular flexibility index (Phi) is 4.62. The van der Waals surface area contributed by atoms with Crippen LogP contribution in [0, 0.1) is 0 Å². The van der Waals surface area contributed by atoms with Crippen LogP contribution in [-0.4, -0.2) is 41.6 Å². The minimum atomic E-state index is -1.32. The fourth-order valence-electron chi connectivity index (χ4n) is 2.37. The molecule has 2 N–H and O–H groups in total. The summed E-state index contributed by atoms with van der Waals surface area (Å²) in [7, 11) is 1.55. The average Bonchev–Trinajstić information content (AvgIpc) is 2.48. The van der Waals surface area contributed by atoms with Crippen LogP contribution in [0.5, 0.6) is 5.75 Å². The lowest BCUT2D eigenvalue weighted by Crippen LogP contribution is -2.49. The van der Waals surface area contributed by atoms with Gasteiger partial charge in [0.15, 0.2) is 0 Å². The van der Waals surface area contributed by atoms with Gasteiger partial charge in [0.1, 0.15) is 18.0 Å². The van der Waals surface area contributed by atoms with Crippen LogP contribution >= 0.6 is 0 Å². The lowest BCUT2D eigenvalue weighted by atomic mass is 9.83. The van der Waals surface area contributed by atoms with Gasteiger partial charge in [-0.15, -0.1) is 0 Å². The van der Waals surface area contributed by atoms with Gasteiger partial charge >= 0.3 is 5.97 Å². The number of methoxy groups -OCH3 is 1. The highest BCUT2D eigenvalue weighted by molar-refractivity contribution is 5.89. The minimum Gasteiger partial charge on any atom is -0.497 e. The largest absolute Gasteiger partial charge is 0.497 e. The Morgan fingerprint density at radius 2 is 2.05 bits per heavy atom. The molecule has 0 unspecified atom stereocenters. The zero-order valence-electron chi connectivity index (χ0n) is 11.5. The van der Waals surface area contributed by atoms with Gasteiger partial charge in [-0.25, -0.2) is 4.79 Å². The summed E-state index contributed by atoms with van der Waals surface area (Å²) in [5, 5.41) is 20.1. The van der Waals surface area contributed by atoms with Gasteiger partial charge in [-0.2, -0.15) is 0 Å². The van der Waals surface area contributed by atoms with E-state index in [4.69, 9.17) is 9.47 Å². The fourth-order valence-corrected chi connectivity index (χ4v) is 2.37. The molecule has 0 heterocycles. The van der Waals surface area contributed by atoms with E-state index in [2.05, 4.69) is 0 Å². The Hall–Kier alpha value is -1.59. The summed E-state index contributed by atoms with van der Waals surface area (Å²) in [6.45, 7) is -0.182. The standard InChI is InChI=1S/C15H20O5/c1-19-12-7-5-11(6-8-12)14(17)20-10-15(18)9-3-2-4-13(15)16/h5-8,13,16,18H,2-4,9-10H2,1H3/t13-,15-/m1/s1. The second-order valence-corrected chi connectivity index (χ2v) is 5.17. The van der Waals surface area contributed by atoms with Gasteiger partial charge in [-0.1, -0.05) is 12.8 Å². The molecule has 1 saturated carbocycles. The number of benzene rings is 1. The zero-order chi connectivity index (χ0) is 14.6. The van der Waals surface area contributed by atoms with Crippen molar-refractivity contribution < 1.29 is 24.5 Å². The smallest absolute Gasteiger partial charge is 0.338 e. The molecule has 2 atom stereocenters. The topological polar surface area (TPSA) is 76.0 Å². The van der Waals surface area contributed by atoms with E-state index in [0.29, 0.717) is 24.2 Å². The van der Waals surface area contributed by atoms with Crippen LogP contribution in [0.25, 0.3) is 0 Å². The number of aliphatic hydroxyl groups is 2. The summed E-state index contributed by atoms with van der Waals surface area (Å²) >= 11 is 0. The number of hydrogen-bond acceptors (Lipinski definition) is 5. The van der Waals surface area contributed by atoms with Crippen LogP contribution in [0.2, 0.25) is 0 Å². The quantitative estimate of drug-likeness (QED) is 0.818. The molecule has 0 spiro atoms. The molecule has 1 aliphatic carbocycles. The molecule has 1 fully saturated rings. The Labute approximate surface area is 118 Å². The van der Waals surface area contributed by atoms with Crippen molar-refractivity contribution in [1.82, 2.24) is 0 Å². The summed E-state index contributed by atoms with van der Waals surface area (Å²) in [6.07, 6.45) is 1.87. The normalized spacial score (nSPS) is 26.1. The predicted octanol–water partition coefficient (Wildman–Crippen LogP) is 1.52. The molecule has 0 bridgehead atoms. The molecule has 5 heteroatoms. The second kappa shape index (κ2) is 6.24. The molecule has 2 rings (SSSR count). The number of carbonyl (C=O) groups excluding carboxylic acids is 1. The molecule has 0 saturated heterocycles. The lowest BCUT2D eigenvalue weighted by Gasteiger charge is -2.36.